The van der Waals surface area contributed by atoms with E-state index in [1.807, 2.05) is 0 Å². The monoisotopic (exact) mass is 425 g/mol. The van der Waals surface area contributed by atoms with Gasteiger partial charge < -0.3 is 14.8 Å². The molecule has 2 heterocycles. The maximum atomic E-state index is 12.1. The maximum absolute atomic E-state index is 12.1. The maximum Gasteiger partial charge on any atom is 0.329 e. The number of imide groups is 1. The van der Waals surface area contributed by atoms with Gasteiger partial charge in [0.2, 0.25) is 0 Å². The van der Waals surface area contributed by atoms with Gasteiger partial charge in [-0.05, 0) is 18.2 Å². The van der Waals surface area contributed by atoms with Crippen LogP contribution in [0.25, 0.3) is 17.4 Å². The van der Waals surface area contributed by atoms with E-state index in [2.05, 4.69) is 5.32 Å². The first-order valence-electron chi connectivity index (χ1n) is 7.47. The molecule has 28 heavy (non-hydrogen) atoms. The van der Waals surface area contributed by atoms with Gasteiger partial charge in [-0.2, -0.15) is 0 Å². The summed E-state index contributed by atoms with van der Waals surface area (Å²) in [6.07, 6.45) is 1.20. The molecule has 1 aliphatic heterocycles. The summed E-state index contributed by atoms with van der Waals surface area (Å²) in [7, 11) is 0. The fourth-order valence-electron chi connectivity index (χ4n) is 2.43. The van der Waals surface area contributed by atoms with Crippen LogP contribution >= 0.6 is 23.2 Å². The Kier molecular flexibility index (Phi) is 5.08. The van der Waals surface area contributed by atoms with Gasteiger partial charge in [-0.3, -0.25) is 19.7 Å². The van der Waals surface area contributed by atoms with E-state index in [1.165, 1.54) is 24.3 Å². The van der Waals surface area contributed by atoms with Crippen molar-refractivity contribution in [2.24, 2.45) is 0 Å². The zero-order valence-corrected chi connectivity index (χ0v) is 15.2. The number of hydrogen-bond acceptors (Lipinski definition) is 6. The number of hydrogen-bond donors (Lipinski definition) is 2. The van der Waals surface area contributed by atoms with E-state index in [0.717, 1.165) is 6.07 Å². The molecule has 0 spiro atoms. The minimum Gasteiger partial charge on any atom is -0.480 e. The van der Waals surface area contributed by atoms with Gasteiger partial charge in [0.25, 0.3) is 11.6 Å². The Balaban J connectivity index is 1.92. The normalized spacial score (nSPS) is 15.2. The minimum atomic E-state index is -1.34. The molecule has 10 nitrogen and oxygen atoms in total. The average molecular weight is 426 g/mol. The SMILES string of the molecule is O=C(O)CN1C(=O)N/C(=C/c2ccc(-c3cc([N+](=O)[O-])c(Cl)cc3Cl)o2)C1=O. The molecule has 0 saturated carbocycles. The fraction of sp³-hybridized carbons (Fsp3) is 0.0625. The van der Waals surface area contributed by atoms with Crippen LogP contribution in [-0.4, -0.2) is 39.4 Å². The Hall–Kier alpha value is -3.37. The average Bonchev–Trinajstić information content (AvgIpc) is 3.15. The number of carboxylic acids is 1. The number of amides is 3. The van der Waals surface area contributed by atoms with Gasteiger partial charge >= 0.3 is 12.0 Å². The summed E-state index contributed by atoms with van der Waals surface area (Å²) in [5, 5.41) is 22.0. The number of nitrogens with one attached hydrogen (secondary N) is 1. The first kappa shape index (κ1) is 19.4. The minimum absolute atomic E-state index is 0.113. The number of nitro benzene ring substituents is 1. The summed E-state index contributed by atoms with van der Waals surface area (Å²) in [5.74, 6) is -1.88. The molecule has 3 amide bonds. The lowest BCUT2D eigenvalue weighted by molar-refractivity contribution is -0.384. The quantitative estimate of drug-likeness (QED) is 0.324. The molecule has 1 aromatic carbocycles. The Morgan fingerprint density at radius 1 is 1.29 bits per heavy atom. The van der Waals surface area contributed by atoms with Gasteiger partial charge in [0.1, 0.15) is 28.8 Å². The molecule has 0 radical (unpaired) electrons. The molecule has 0 atom stereocenters. The third-order valence-corrected chi connectivity index (χ3v) is 4.28. The second-order valence-electron chi connectivity index (χ2n) is 5.52. The molecule has 3 rings (SSSR count). The molecule has 2 aromatic rings. The summed E-state index contributed by atoms with van der Waals surface area (Å²) in [6, 6.07) is 4.39. The number of rotatable bonds is 5. The van der Waals surface area contributed by atoms with Crippen molar-refractivity contribution in [1.82, 2.24) is 10.2 Å². The Labute approximate surface area is 166 Å². The number of nitrogens with zero attached hydrogens (tertiary/aromatic N) is 2. The summed E-state index contributed by atoms with van der Waals surface area (Å²) in [5.41, 5.74) is -0.336. The topological polar surface area (TPSA) is 143 Å². The molecule has 1 fully saturated rings. The number of carbonyl (C=O) groups is 3. The van der Waals surface area contributed by atoms with E-state index in [4.69, 9.17) is 32.7 Å². The highest BCUT2D eigenvalue weighted by molar-refractivity contribution is 6.37. The lowest BCUT2D eigenvalue weighted by Gasteiger charge is -2.06. The van der Waals surface area contributed by atoms with E-state index in [1.54, 1.807) is 0 Å². The van der Waals surface area contributed by atoms with Crippen LogP contribution in [0.3, 0.4) is 0 Å². The van der Waals surface area contributed by atoms with Crippen LogP contribution in [0.1, 0.15) is 5.76 Å². The third kappa shape index (κ3) is 3.68. The van der Waals surface area contributed by atoms with Crippen molar-refractivity contribution in [2.45, 2.75) is 0 Å². The van der Waals surface area contributed by atoms with E-state index in [9.17, 15) is 24.5 Å². The van der Waals surface area contributed by atoms with Gasteiger partial charge in [0, 0.05) is 17.7 Å². The van der Waals surface area contributed by atoms with Crippen molar-refractivity contribution in [3.8, 4) is 11.3 Å². The summed E-state index contributed by atoms with van der Waals surface area (Å²) < 4.78 is 5.52. The molecule has 1 aromatic heterocycles. The molecule has 0 aliphatic carbocycles. The largest absolute Gasteiger partial charge is 0.480 e. The van der Waals surface area contributed by atoms with Crippen molar-refractivity contribution in [3.05, 3.63) is 55.9 Å². The van der Waals surface area contributed by atoms with Crippen LogP contribution in [0, 0.1) is 10.1 Å². The molecule has 2 N–H and O–H groups in total. The number of benzene rings is 1. The second-order valence-corrected chi connectivity index (χ2v) is 6.33. The molecule has 0 bridgehead atoms. The van der Waals surface area contributed by atoms with Crippen molar-refractivity contribution in [1.29, 1.82) is 0 Å². The molecule has 0 unspecified atom stereocenters. The molecular formula is C16H9Cl2N3O7. The molecule has 1 aliphatic rings. The van der Waals surface area contributed by atoms with Crippen molar-refractivity contribution >= 4 is 52.9 Å². The van der Waals surface area contributed by atoms with E-state index in [-0.39, 0.29) is 38.5 Å². The van der Waals surface area contributed by atoms with Gasteiger partial charge in [-0.15, -0.1) is 0 Å². The standard InChI is InChI=1S/C16H9Cl2N3O7/c17-9-5-10(18)12(21(26)27)4-8(9)13-2-1-7(28-13)3-11-15(24)20(6-14(22)23)16(25)19-11/h1-5H,6H2,(H,19,25)(H,22,23)/b11-3+. The van der Waals surface area contributed by atoms with Crippen LogP contribution in [0.15, 0.2) is 34.4 Å². The number of nitro groups is 1. The molecular weight excluding hydrogens is 417 g/mol. The molecule has 1 saturated heterocycles. The van der Waals surface area contributed by atoms with Gasteiger partial charge in [-0.1, -0.05) is 23.2 Å². The smallest absolute Gasteiger partial charge is 0.329 e. The van der Waals surface area contributed by atoms with Gasteiger partial charge in [0.05, 0.1) is 9.95 Å². The number of urea groups is 1. The van der Waals surface area contributed by atoms with Crippen molar-refractivity contribution < 1.29 is 28.8 Å². The summed E-state index contributed by atoms with van der Waals surface area (Å²) >= 11 is 11.9. The lowest BCUT2D eigenvalue weighted by Crippen LogP contribution is -2.35. The lowest BCUT2D eigenvalue weighted by atomic mass is 10.1. The first-order valence-corrected chi connectivity index (χ1v) is 8.23. The highest BCUT2D eigenvalue weighted by Crippen LogP contribution is 2.37. The number of aliphatic carboxylic acids is 1. The Bertz CT molecular complexity index is 1060. The van der Waals surface area contributed by atoms with Crippen LogP contribution in [0.2, 0.25) is 10.0 Å². The Morgan fingerprint density at radius 3 is 2.64 bits per heavy atom. The van der Waals surface area contributed by atoms with Crippen LogP contribution in [-0.2, 0) is 9.59 Å². The highest BCUT2D eigenvalue weighted by Gasteiger charge is 2.35. The van der Waals surface area contributed by atoms with E-state index in [0.29, 0.717) is 4.90 Å². The number of furan rings is 1. The van der Waals surface area contributed by atoms with Gasteiger partial charge in [-0.25, -0.2) is 9.69 Å². The van der Waals surface area contributed by atoms with Crippen LogP contribution in [0.5, 0.6) is 0 Å². The summed E-state index contributed by atoms with van der Waals surface area (Å²) in [6.45, 7) is -0.782. The fourth-order valence-corrected chi connectivity index (χ4v) is 2.98. The number of halogens is 2. The predicted molar refractivity (Wildman–Crippen MR) is 96.7 cm³/mol. The Morgan fingerprint density at radius 2 is 2.00 bits per heavy atom. The number of carboxylic acid groups (broad SMARTS) is 1. The highest BCUT2D eigenvalue weighted by atomic mass is 35.5. The van der Waals surface area contributed by atoms with E-state index < -0.39 is 29.4 Å². The van der Waals surface area contributed by atoms with Crippen molar-refractivity contribution in [3.63, 3.8) is 0 Å². The van der Waals surface area contributed by atoms with Crippen molar-refractivity contribution in [2.75, 3.05) is 6.54 Å². The second kappa shape index (κ2) is 7.33. The predicted octanol–water partition coefficient (Wildman–Crippen LogP) is 3.14. The third-order valence-electron chi connectivity index (χ3n) is 3.67. The van der Waals surface area contributed by atoms with Gasteiger partial charge in [0.15, 0.2) is 0 Å². The van der Waals surface area contributed by atoms with Crippen LogP contribution in [0.4, 0.5) is 10.5 Å². The van der Waals surface area contributed by atoms with E-state index >= 15 is 0 Å². The first-order chi connectivity index (χ1) is 13.2. The molecule has 12 heteroatoms. The van der Waals surface area contributed by atoms with Crippen LogP contribution < -0.4 is 5.32 Å². The zero-order chi connectivity index (χ0) is 20.6. The zero-order valence-electron chi connectivity index (χ0n) is 13.6. The molecule has 144 valence electrons. The summed E-state index contributed by atoms with van der Waals surface area (Å²) in [4.78, 5) is 45.4. The number of carbonyl (C=O) groups excluding carboxylic acids is 2.